The number of aromatic nitrogens is 4. The summed E-state index contributed by atoms with van der Waals surface area (Å²) >= 11 is 0. The molecular weight excluding hydrogens is 433 g/mol. The predicted molar refractivity (Wildman–Crippen MR) is 131 cm³/mol. The minimum atomic E-state index is -0.556. The van der Waals surface area contributed by atoms with Gasteiger partial charge in [0.15, 0.2) is 0 Å². The van der Waals surface area contributed by atoms with Crippen molar-refractivity contribution in [2.45, 2.75) is 52.0 Å². The van der Waals surface area contributed by atoms with E-state index in [0.717, 1.165) is 28.8 Å². The first-order valence-corrected chi connectivity index (χ1v) is 11.9. The zero-order chi connectivity index (χ0) is 24.0. The van der Waals surface area contributed by atoms with Crippen LogP contribution < -0.4 is 5.73 Å². The molecule has 4 N–H and O–H groups in total. The lowest BCUT2D eigenvalue weighted by Gasteiger charge is -2.40. The van der Waals surface area contributed by atoms with Crippen LogP contribution in [-0.4, -0.2) is 30.6 Å². The summed E-state index contributed by atoms with van der Waals surface area (Å²) in [5, 5.41) is 10.5. The van der Waals surface area contributed by atoms with Crippen LogP contribution in [-0.2, 0) is 4.79 Å². The smallest absolute Gasteiger partial charge is 0.306 e. The van der Waals surface area contributed by atoms with Crippen molar-refractivity contribution in [3.05, 3.63) is 42.6 Å². The highest BCUT2D eigenvalue weighted by molar-refractivity contribution is 5.97. The summed E-state index contributed by atoms with van der Waals surface area (Å²) in [6.45, 7) is 4.22. The van der Waals surface area contributed by atoms with E-state index in [1.165, 1.54) is 37.9 Å². The lowest BCUT2D eigenvalue weighted by atomic mass is 9.65. The van der Waals surface area contributed by atoms with E-state index in [9.17, 15) is 9.18 Å². The van der Waals surface area contributed by atoms with Gasteiger partial charge in [0.2, 0.25) is 0 Å². The standard InChI is InChI=1S/C17H16FN5.C9H14O2/c1-9(2)23-4-3-11-15(23)6-14(22-16(11)19)13-8-21-17-12(13)5-10(18)7-20-17;10-9(11)8-5-6-1-3-7(8)4-2-6/h3-9H,1-2H3,(H2,19,22)(H,20,21);6-8H,1-5H2,(H,10,11). The average Bonchev–Trinajstić information content (AvgIpc) is 3.44. The summed E-state index contributed by atoms with van der Waals surface area (Å²) in [5.74, 6) is 0.786. The molecule has 1 unspecified atom stereocenters. The quantitative estimate of drug-likeness (QED) is 0.357. The maximum absolute atomic E-state index is 13.5. The van der Waals surface area contributed by atoms with Gasteiger partial charge in [-0.15, -0.1) is 0 Å². The lowest BCUT2D eigenvalue weighted by Crippen LogP contribution is -2.35. The van der Waals surface area contributed by atoms with Crippen molar-refractivity contribution in [3.63, 3.8) is 0 Å². The maximum Gasteiger partial charge on any atom is 0.306 e. The van der Waals surface area contributed by atoms with Gasteiger partial charge in [0.1, 0.15) is 17.3 Å². The maximum atomic E-state index is 13.5. The molecule has 3 aliphatic rings. The molecule has 0 saturated heterocycles. The number of hydrogen-bond donors (Lipinski definition) is 3. The Balaban J connectivity index is 0.000000183. The number of carboxylic acid groups (broad SMARTS) is 1. The van der Waals surface area contributed by atoms with Crippen molar-refractivity contribution in [2.75, 3.05) is 5.73 Å². The number of anilines is 1. The Morgan fingerprint density at radius 1 is 1.24 bits per heavy atom. The van der Waals surface area contributed by atoms with E-state index in [-0.39, 0.29) is 11.7 Å². The van der Waals surface area contributed by atoms with Crippen LogP contribution in [0.1, 0.15) is 52.0 Å². The van der Waals surface area contributed by atoms with Gasteiger partial charge in [0, 0.05) is 34.8 Å². The van der Waals surface area contributed by atoms with Gasteiger partial charge in [-0.25, -0.2) is 14.4 Å². The molecule has 3 aliphatic carbocycles. The fourth-order valence-electron chi connectivity index (χ4n) is 5.64. The van der Waals surface area contributed by atoms with Crippen molar-refractivity contribution in [3.8, 4) is 11.3 Å². The largest absolute Gasteiger partial charge is 0.481 e. The van der Waals surface area contributed by atoms with Crippen LogP contribution in [0, 0.1) is 23.6 Å². The first-order chi connectivity index (χ1) is 16.3. The Hall–Kier alpha value is -3.42. The molecule has 1 atom stereocenters. The van der Waals surface area contributed by atoms with E-state index in [0.29, 0.717) is 34.5 Å². The van der Waals surface area contributed by atoms with Gasteiger partial charge in [-0.2, -0.15) is 0 Å². The van der Waals surface area contributed by atoms with Crippen LogP contribution in [0.5, 0.6) is 0 Å². The number of aliphatic carboxylic acids is 1. The summed E-state index contributed by atoms with van der Waals surface area (Å²) in [6, 6.07) is 5.72. The summed E-state index contributed by atoms with van der Waals surface area (Å²) < 4.78 is 15.7. The number of hydrogen-bond acceptors (Lipinski definition) is 4. The Morgan fingerprint density at radius 2 is 2.00 bits per heavy atom. The number of carboxylic acids is 1. The van der Waals surface area contributed by atoms with Gasteiger partial charge in [-0.05, 0) is 63.1 Å². The molecule has 34 heavy (non-hydrogen) atoms. The SMILES string of the molecule is CC(C)n1ccc2c(N)nc(-c3c[nH]c4ncc(F)cc34)cc21.O=C(O)C1CC2CCC1CC2. The Morgan fingerprint density at radius 3 is 2.62 bits per heavy atom. The van der Waals surface area contributed by atoms with E-state index >= 15 is 0 Å². The zero-order valence-electron chi connectivity index (χ0n) is 19.5. The van der Waals surface area contributed by atoms with Crippen LogP contribution in [0.3, 0.4) is 0 Å². The molecule has 0 spiro atoms. The molecule has 178 valence electrons. The topological polar surface area (TPSA) is 110 Å². The van der Waals surface area contributed by atoms with Gasteiger partial charge in [-0.3, -0.25) is 4.79 Å². The van der Waals surface area contributed by atoms with Crippen LogP contribution >= 0.6 is 0 Å². The first-order valence-electron chi connectivity index (χ1n) is 11.9. The molecule has 8 heteroatoms. The monoisotopic (exact) mass is 463 g/mol. The number of aromatic amines is 1. The fraction of sp³-hybridized carbons (Fsp3) is 0.423. The number of nitrogens with two attached hydrogens (primary N) is 1. The second-order valence-corrected chi connectivity index (χ2v) is 9.86. The molecule has 0 amide bonds. The molecule has 0 radical (unpaired) electrons. The highest BCUT2D eigenvalue weighted by Crippen LogP contribution is 2.44. The summed E-state index contributed by atoms with van der Waals surface area (Å²) in [5.41, 5.74) is 9.26. The van der Waals surface area contributed by atoms with Gasteiger partial charge < -0.3 is 20.4 Å². The Labute approximate surface area is 197 Å². The number of nitrogens with one attached hydrogen (secondary N) is 1. The number of halogens is 1. The Bertz CT molecular complexity index is 1350. The molecule has 7 rings (SSSR count). The molecule has 4 aromatic rings. The highest BCUT2D eigenvalue weighted by atomic mass is 19.1. The van der Waals surface area contributed by atoms with E-state index < -0.39 is 5.97 Å². The fourth-order valence-corrected chi connectivity index (χ4v) is 5.64. The van der Waals surface area contributed by atoms with Crippen LogP contribution in [0.25, 0.3) is 33.2 Å². The van der Waals surface area contributed by atoms with Crippen LogP contribution in [0.15, 0.2) is 36.8 Å². The van der Waals surface area contributed by atoms with Crippen LogP contribution in [0.4, 0.5) is 10.2 Å². The van der Waals surface area contributed by atoms with Gasteiger partial charge in [0.25, 0.3) is 0 Å². The third-order valence-electron chi connectivity index (χ3n) is 7.44. The van der Waals surface area contributed by atoms with Gasteiger partial charge in [0.05, 0.1) is 23.3 Å². The van der Waals surface area contributed by atoms with Crippen molar-refractivity contribution in [2.24, 2.45) is 17.8 Å². The molecule has 4 heterocycles. The number of pyridine rings is 2. The predicted octanol–water partition coefficient (Wildman–Crippen LogP) is 5.78. The Kier molecular flexibility index (Phi) is 5.75. The highest BCUT2D eigenvalue weighted by Gasteiger charge is 2.39. The van der Waals surface area contributed by atoms with Gasteiger partial charge >= 0.3 is 5.97 Å². The molecule has 7 nitrogen and oxygen atoms in total. The number of H-pyrrole nitrogens is 1. The number of nitrogens with zero attached hydrogens (tertiary/aromatic N) is 3. The summed E-state index contributed by atoms with van der Waals surface area (Å²) in [4.78, 5) is 22.3. The molecule has 2 bridgehead atoms. The molecule has 4 aromatic heterocycles. The average molecular weight is 464 g/mol. The van der Waals surface area contributed by atoms with Crippen molar-refractivity contribution < 1.29 is 14.3 Å². The first kappa shape index (κ1) is 22.4. The minimum Gasteiger partial charge on any atom is -0.481 e. The third-order valence-corrected chi connectivity index (χ3v) is 7.44. The summed E-state index contributed by atoms with van der Waals surface area (Å²) in [7, 11) is 0. The third kappa shape index (κ3) is 4.02. The second kappa shape index (κ2) is 8.74. The number of fused-ring (bicyclic) bond motifs is 5. The van der Waals surface area contributed by atoms with E-state index in [4.69, 9.17) is 10.8 Å². The van der Waals surface area contributed by atoms with Crippen LogP contribution in [0.2, 0.25) is 0 Å². The molecular formula is C26H30FN5O2. The van der Waals surface area contributed by atoms with E-state index in [2.05, 4.69) is 33.4 Å². The van der Waals surface area contributed by atoms with E-state index in [1.807, 2.05) is 18.3 Å². The van der Waals surface area contributed by atoms with Crippen molar-refractivity contribution in [1.29, 1.82) is 0 Å². The number of carbonyl (C=O) groups is 1. The van der Waals surface area contributed by atoms with E-state index in [1.54, 1.807) is 6.20 Å². The lowest BCUT2D eigenvalue weighted by molar-refractivity contribution is -0.147. The number of rotatable bonds is 3. The molecule has 0 aromatic carbocycles. The molecule has 0 aliphatic heterocycles. The molecule has 3 fully saturated rings. The number of nitrogen functional groups attached to an aromatic ring is 1. The summed E-state index contributed by atoms with van der Waals surface area (Å²) in [6.07, 6.45) is 10.9. The van der Waals surface area contributed by atoms with Gasteiger partial charge in [-0.1, -0.05) is 12.8 Å². The molecule has 3 saturated carbocycles. The normalized spacial score (nSPS) is 21.7. The van der Waals surface area contributed by atoms with Crippen molar-refractivity contribution >= 4 is 33.7 Å². The second-order valence-electron chi connectivity index (χ2n) is 9.86. The zero-order valence-corrected chi connectivity index (χ0v) is 19.5. The van der Waals surface area contributed by atoms with Crippen molar-refractivity contribution in [1.82, 2.24) is 19.5 Å². The minimum absolute atomic E-state index is 0.00231.